The van der Waals surface area contributed by atoms with E-state index in [4.69, 9.17) is 13.9 Å². The van der Waals surface area contributed by atoms with Crippen LogP contribution in [0.2, 0.25) is 0 Å². The number of hydrogen-bond acceptors (Lipinski definition) is 6. The molecule has 0 aliphatic heterocycles. The summed E-state index contributed by atoms with van der Waals surface area (Å²) in [6.07, 6.45) is 1.16. The first kappa shape index (κ1) is 14.8. The van der Waals surface area contributed by atoms with Crippen LogP contribution in [0.3, 0.4) is 0 Å². The Balaban J connectivity index is 2.48. The minimum absolute atomic E-state index is 0.0104. The molecular weight excluding hydrogens is 302 g/mol. The molecule has 0 atom stereocenters. The van der Waals surface area contributed by atoms with Crippen molar-refractivity contribution in [3.05, 3.63) is 50.6 Å². The molecule has 7 nitrogen and oxygen atoms in total. The summed E-state index contributed by atoms with van der Waals surface area (Å²) in [6, 6.07) is 4.89. The van der Waals surface area contributed by atoms with Crippen LogP contribution in [0.25, 0.3) is 21.9 Å². The Morgan fingerprint density at radius 3 is 2.78 bits per heavy atom. The van der Waals surface area contributed by atoms with Crippen molar-refractivity contribution >= 4 is 27.8 Å². The van der Waals surface area contributed by atoms with E-state index in [0.29, 0.717) is 11.1 Å². The van der Waals surface area contributed by atoms with Crippen LogP contribution in [0.1, 0.15) is 17.3 Å². The number of aromatic amines is 1. The van der Waals surface area contributed by atoms with E-state index in [1.54, 1.807) is 25.1 Å². The van der Waals surface area contributed by atoms with Gasteiger partial charge in [0.2, 0.25) is 5.43 Å². The maximum atomic E-state index is 12.7. The van der Waals surface area contributed by atoms with E-state index >= 15 is 0 Å². The lowest BCUT2D eigenvalue weighted by molar-refractivity contribution is 0.0524. The maximum absolute atomic E-state index is 12.7. The van der Waals surface area contributed by atoms with E-state index < -0.39 is 17.0 Å². The highest BCUT2D eigenvalue weighted by Gasteiger charge is 2.19. The van der Waals surface area contributed by atoms with Crippen LogP contribution in [0, 0.1) is 0 Å². The fraction of sp³-hybridized carbons (Fsp3) is 0.188. The van der Waals surface area contributed by atoms with E-state index in [0.717, 1.165) is 6.20 Å². The predicted molar refractivity (Wildman–Crippen MR) is 83.1 cm³/mol. The molecule has 2 heterocycles. The summed E-state index contributed by atoms with van der Waals surface area (Å²) in [5.41, 5.74) is -1.34. The SMILES string of the molecule is CCOC(=O)c1c[nH]c2c(=O)oc3c(OC)cccc3c2c1=O. The number of esters is 1. The first-order chi connectivity index (χ1) is 11.1. The molecule has 0 bridgehead atoms. The molecule has 0 fully saturated rings. The molecule has 0 saturated heterocycles. The molecule has 23 heavy (non-hydrogen) atoms. The van der Waals surface area contributed by atoms with Crippen molar-refractivity contribution in [1.29, 1.82) is 0 Å². The highest BCUT2D eigenvalue weighted by Crippen LogP contribution is 2.27. The first-order valence-corrected chi connectivity index (χ1v) is 6.90. The molecule has 0 saturated carbocycles. The average Bonchev–Trinajstić information content (AvgIpc) is 2.55. The van der Waals surface area contributed by atoms with Crippen LogP contribution in [-0.4, -0.2) is 24.7 Å². The van der Waals surface area contributed by atoms with Gasteiger partial charge in [-0.1, -0.05) is 12.1 Å². The number of H-pyrrole nitrogens is 1. The van der Waals surface area contributed by atoms with E-state index in [1.165, 1.54) is 7.11 Å². The highest BCUT2D eigenvalue weighted by atomic mass is 16.5. The van der Waals surface area contributed by atoms with Crippen molar-refractivity contribution in [2.75, 3.05) is 13.7 Å². The van der Waals surface area contributed by atoms with E-state index in [2.05, 4.69) is 4.98 Å². The van der Waals surface area contributed by atoms with Gasteiger partial charge in [-0.3, -0.25) is 4.79 Å². The van der Waals surface area contributed by atoms with Crippen LogP contribution in [0.4, 0.5) is 0 Å². The highest BCUT2D eigenvalue weighted by molar-refractivity contribution is 6.06. The Morgan fingerprint density at radius 1 is 1.30 bits per heavy atom. The summed E-state index contributed by atoms with van der Waals surface area (Å²) >= 11 is 0. The van der Waals surface area contributed by atoms with Crippen molar-refractivity contribution in [3.63, 3.8) is 0 Å². The average molecular weight is 315 g/mol. The van der Waals surface area contributed by atoms with Gasteiger partial charge in [0.1, 0.15) is 11.1 Å². The third-order valence-electron chi connectivity index (χ3n) is 3.44. The fourth-order valence-electron chi connectivity index (χ4n) is 2.43. The van der Waals surface area contributed by atoms with Crippen molar-refractivity contribution in [2.45, 2.75) is 6.92 Å². The van der Waals surface area contributed by atoms with Gasteiger partial charge in [-0.25, -0.2) is 9.59 Å². The van der Waals surface area contributed by atoms with Crippen molar-refractivity contribution in [2.24, 2.45) is 0 Å². The largest absolute Gasteiger partial charge is 0.493 e. The molecule has 2 aromatic heterocycles. The summed E-state index contributed by atoms with van der Waals surface area (Å²) < 4.78 is 15.2. The number of carbonyl (C=O) groups is 1. The molecule has 0 unspecified atom stereocenters. The van der Waals surface area contributed by atoms with Gasteiger partial charge in [0.15, 0.2) is 11.3 Å². The number of fused-ring (bicyclic) bond motifs is 3. The number of ether oxygens (including phenoxy) is 2. The molecular formula is C16H13NO6. The number of methoxy groups -OCH3 is 1. The number of rotatable bonds is 3. The number of para-hydroxylation sites is 1. The Hall–Kier alpha value is -3.09. The van der Waals surface area contributed by atoms with Crippen molar-refractivity contribution in [1.82, 2.24) is 4.98 Å². The quantitative estimate of drug-likeness (QED) is 0.450. The van der Waals surface area contributed by atoms with Crippen LogP contribution < -0.4 is 15.8 Å². The Labute approximate surface area is 129 Å². The second-order valence-electron chi connectivity index (χ2n) is 4.73. The normalized spacial score (nSPS) is 10.9. The van der Waals surface area contributed by atoms with Gasteiger partial charge in [0.25, 0.3) is 0 Å². The van der Waals surface area contributed by atoms with E-state index in [-0.39, 0.29) is 28.7 Å². The lowest BCUT2D eigenvalue weighted by Crippen LogP contribution is -2.20. The summed E-state index contributed by atoms with van der Waals surface area (Å²) in [4.78, 5) is 39.3. The zero-order valence-corrected chi connectivity index (χ0v) is 12.5. The van der Waals surface area contributed by atoms with E-state index in [1.807, 2.05) is 0 Å². The van der Waals surface area contributed by atoms with Gasteiger partial charge >= 0.3 is 11.6 Å². The smallest absolute Gasteiger partial charge is 0.361 e. The van der Waals surface area contributed by atoms with Gasteiger partial charge in [0.05, 0.1) is 19.1 Å². The molecule has 3 rings (SSSR count). The minimum atomic E-state index is -0.750. The zero-order valence-electron chi connectivity index (χ0n) is 12.5. The number of pyridine rings is 1. The molecule has 3 aromatic rings. The molecule has 7 heteroatoms. The minimum Gasteiger partial charge on any atom is -0.493 e. The second kappa shape index (κ2) is 5.60. The van der Waals surface area contributed by atoms with Gasteiger partial charge in [-0.05, 0) is 13.0 Å². The van der Waals surface area contributed by atoms with Crippen molar-refractivity contribution < 1.29 is 18.7 Å². The number of hydrogen-bond donors (Lipinski definition) is 1. The maximum Gasteiger partial charge on any atom is 0.361 e. The third kappa shape index (κ3) is 2.26. The van der Waals surface area contributed by atoms with Gasteiger partial charge < -0.3 is 18.9 Å². The van der Waals surface area contributed by atoms with E-state index in [9.17, 15) is 14.4 Å². The lowest BCUT2D eigenvalue weighted by atomic mass is 10.1. The molecule has 0 aliphatic carbocycles. The Kier molecular flexibility index (Phi) is 3.61. The molecule has 118 valence electrons. The molecule has 0 amide bonds. The molecule has 0 aliphatic rings. The number of aromatic nitrogens is 1. The Bertz CT molecular complexity index is 1030. The summed E-state index contributed by atoms with van der Waals surface area (Å²) in [5, 5.41) is 0.451. The van der Waals surface area contributed by atoms with Crippen LogP contribution >= 0.6 is 0 Å². The summed E-state index contributed by atoms with van der Waals surface area (Å²) in [5.74, 6) is -0.428. The van der Waals surface area contributed by atoms with Gasteiger partial charge in [0, 0.05) is 11.6 Å². The number of benzene rings is 1. The first-order valence-electron chi connectivity index (χ1n) is 6.90. The van der Waals surface area contributed by atoms with Gasteiger partial charge in [-0.15, -0.1) is 0 Å². The van der Waals surface area contributed by atoms with Crippen LogP contribution in [0.5, 0.6) is 5.75 Å². The predicted octanol–water partition coefficient (Wildman–Crippen LogP) is 1.82. The fourth-order valence-corrected chi connectivity index (χ4v) is 2.43. The zero-order chi connectivity index (χ0) is 16.6. The summed E-state index contributed by atoms with van der Waals surface area (Å²) in [6.45, 7) is 1.78. The lowest BCUT2D eigenvalue weighted by Gasteiger charge is -2.07. The molecule has 1 aromatic carbocycles. The Morgan fingerprint density at radius 2 is 2.09 bits per heavy atom. The monoisotopic (exact) mass is 315 g/mol. The molecule has 0 radical (unpaired) electrons. The number of carbonyl (C=O) groups excluding carboxylic acids is 1. The summed E-state index contributed by atoms with van der Waals surface area (Å²) in [7, 11) is 1.43. The molecule has 0 spiro atoms. The van der Waals surface area contributed by atoms with Gasteiger partial charge in [-0.2, -0.15) is 0 Å². The second-order valence-corrected chi connectivity index (χ2v) is 4.73. The third-order valence-corrected chi connectivity index (χ3v) is 3.44. The number of nitrogens with one attached hydrogen (secondary N) is 1. The van der Waals surface area contributed by atoms with Crippen molar-refractivity contribution in [3.8, 4) is 5.75 Å². The van der Waals surface area contributed by atoms with Crippen LogP contribution in [0.15, 0.2) is 38.4 Å². The topological polar surface area (TPSA) is 98.6 Å². The standard InChI is InChI=1S/C16H13NO6/c1-3-22-15(19)9-7-17-12-11(13(9)18)8-5-4-6-10(21-2)14(8)23-16(12)20/h4-7H,3H2,1-2H3,(H,17,18). The van der Waals surface area contributed by atoms with Crippen LogP contribution in [-0.2, 0) is 4.74 Å². The molecule has 1 N–H and O–H groups in total.